The van der Waals surface area contributed by atoms with Gasteiger partial charge in [-0.05, 0) is 36.3 Å². The molecule has 1 saturated heterocycles. The van der Waals surface area contributed by atoms with Crippen LogP contribution in [-0.2, 0) is 29.0 Å². The Kier molecular flexibility index (Phi) is 5.68. The van der Waals surface area contributed by atoms with E-state index >= 15 is 0 Å². The molecule has 0 aliphatic carbocycles. The standard InChI is InChI=1S/C21H29N3O2/c1-25-16-20-21-19(7-10-23(20)14-17-5-3-2-4-6-17)13-22-24(21)15-18-8-11-26-12-9-18/h2-6,13,18,20H,7-12,14-16H2,1H3/t20-/m0/s1. The Bertz CT molecular complexity index is 695. The predicted molar refractivity (Wildman–Crippen MR) is 101 cm³/mol. The van der Waals surface area contributed by atoms with Gasteiger partial charge in [-0.3, -0.25) is 9.58 Å². The lowest BCUT2D eigenvalue weighted by Crippen LogP contribution is -2.38. The number of methoxy groups -OCH3 is 1. The van der Waals surface area contributed by atoms with Gasteiger partial charge in [0.15, 0.2) is 0 Å². The monoisotopic (exact) mass is 355 g/mol. The van der Waals surface area contributed by atoms with Crippen LogP contribution in [0.25, 0.3) is 0 Å². The lowest BCUT2D eigenvalue weighted by Gasteiger charge is -2.36. The van der Waals surface area contributed by atoms with Crippen molar-refractivity contribution >= 4 is 0 Å². The van der Waals surface area contributed by atoms with E-state index in [-0.39, 0.29) is 6.04 Å². The van der Waals surface area contributed by atoms with Gasteiger partial charge in [0.1, 0.15) is 0 Å². The average Bonchev–Trinajstić information content (AvgIpc) is 3.08. The maximum atomic E-state index is 5.62. The van der Waals surface area contributed by atoms with E-state index in [1.807, 2.05) is 0 Å². The molecule has 5 nitrogen and oxygen atoms in total. The van der Waals surface area contributed by atoms with Crippen LogP contribution < -0.4 is 0 Å². The molecule has 1 aromatic carbocycles. The van der Waals surface area contributed by atoms with E-state index in [1.54, 1.807) is 7.11 Å². The summed E-state index contributed by atoms with van der Waals surface area (Å²) in [7, 11) is 1.80. The van der Waals surface area contributed by atoms with E-state index in [9.17, 15) is 0 Å². The fourth-order valence-electron chi connectivity index (χ4n) is 4.27. The molecule has 0 spiro atoms. The quantitative estimate of drug-likeness (QED) is 0.798. The summed E-state index contributed by atoms with van der Waals surface area (Å²) >= 11 is 0. The van der Waals surface area contributed by atoms with Crippen molar-refractivity contribution in [2.24, 2.45) is 5.92 Å². The second kappa shape index (κ2) is 8.33. The van der Waals surface area contributed by atoms with Crippen LogP contribution in [0.1, 0.15) is 35.7 Å². The van der Waals surface area contributed by atoms with Crippen LogP contribution in [0.5, 0.6) is 0 Å². The fourth-order valence-corrected chi connectivity index (χ4v) is 4.27. The molecule has 0 bridgehead atoms. The number of benzene rings is 1. The molecule has 3 heterocycles. The molecule has 26 heavy (non-hydrogen) atoms. The maximum absolute atomic E-state index is 5.62. The third-order valence-electron chi connectivity index (χ3n) is 5.71. The van der Waals surface area contributed by atoms with Crippen LogP contribution in [-0.4, -0.2) is 48.2 Å². The van der Waals surface area contributed by atoms with Crippen molar-refractivity contribution in [2.75, 3.05) is 33.5 Å². The van der Waals surface area contributed by atoms with E-state index in [1.165, 1.54) is 16.8 Å². The molecule has 2 aliphatic rings. The van der Waals surface area contributed by atoms with Gasteiger partial charge in [-0.1, -0.05) is 30.3 Å². The van der Waals surface area contributed by atoms with Crippen LogP contribution in [0.2, 0.25) is 0 Å². The molecular weight excluding hydrogens is 326 g/mol. The van der Waals surface area contributed by atoms with Gasteiger partial charge in [0.25, 0.3) is 0 Å². The van der Waals surface area contributed by atoms with Gasteiger partial charge in [-0.2, -0.15) is 5.10 Å². The van der Waals surface area contributed by atoms with E-state index in [0.29, 0.717) is 12.5 Å². The first-order valence-electron chi connectivity index (χ1n) is 9.74. The van der Waals surface area contributed by atoms with Crippen molar-refractivity contribution in [2.45, 2.75) is 38.4 Å². The Morgan fingerprint density at radius 2 is 2.00 bits per heavy atom. The molecular formula is C21H29N3O2. The van der Waals surface area contributed by atoms with Gasteiger partial charge in [0, 0.05) is 40.0 Å². The smallest absolute Gasteiger partial charge is 0.0760 e. The Balaban J connectivity index is 1.56. The highest BCUT2D eigenvalue weighted by Gasteiger charge is 2.32. The molecule has 2 aliphatic heterocycles. The summed E-state index contributed by atoms with van der Waals surface area (Å²) in [6.45, 7) is 5.48. The summed E-state index contributed by atoms with van der Waals surface area (Å²) in [5.41, 5.74) is 4.11. The fraction of sp³-hybridized carbons (Fsp3) is 0.571. The highest BCUT2D eigenvalue weighted by Crippen LogP contribution is 2.32. The van der Waals surface area contributed by atoms with Gasteiger partial charge in [0.05, 0.1) is 24.5 Å². The lowest BCUT2D eigenvalue weighted by atomic mass is 9.97. The highest BCUT2D eigenvalue weighted by molar-refractivity contribution is 5.26. The van der Waals surface area contributed by atoms with E-state index in [2.05, 4.69) is 46.1 Å². The third kappa shape index (κ3) is 3.85. The molecule has 0 N–H and O–H groups in total. The zero-order valence-corrected chi connectivity index (χ0v) is 15.6. The van der Waals surface area contributed by atoms with Crippen molar-refractivity contribution in [1.29, 1.82) is 0 Å². The minimum absolute atomic E-state index is 0.270. The molecule has 1 atom stereocenters. The first-order chi connectivity index (χ1) is 12.8. The number of fused-ring (bicyclic) bond motifs is 1. The van der Waals surface area contributed by atoms with Crippen molar-refractivity contribution < 1.29 is 9.47 Å². The SMILES string of the molecule is COC[C@H]1c2c(cnn2CC2CCOCC2)CCN1Cc1ccccc1. The zero-order valence-electron chi connectivity index (χ0n) is 15.6. The van der Waals surface area contributed by atoms with Crippen LogP contribution in [0.4, 0.5) is 0 Å². The van der Waals surface area contributed by atoms with Crippen LogP contribution in [0.3, 0.4) is 0 Å². The zero-order chi connectivity index (χ0) is 17.8. The van der Waals surface area contributed by atoms with Crippen molar-refractivity contribution in [3.63, 3.8) is 0 Å². The van der Waals surface area contributed by atoms with Crippen molar-refractivity contribution in [3.8, 4) is 0 Å². The molecule has 0 amide bonds. The second-order valence-electron chi connectivity index (χ2n) is 7.47. The van der Waals surface area contributed by atoms with Gasteiger partial charge >= 0.3 is 0 Å². The number of nitrogens with zero attached hydrogens (tertiary/aromatic N) is 3. The van der Waals surface area contributed by atoms with Gasteiger partial charge in [0.2, 0.25) is 0 Å². The average molecular weight is 355 g/mol. The van der Waals surface area contributed by atoms with Crippen molar-refractivity contribution in [1.82, 2.24) is 14.7 Å². The Hall–Kier alpha value is -1.69. The third-order valence-corrected chi connectivity index (χ3v) is 5.71. The predicted octanol–water partition coefficient (Wildman–Crippen LogP) is 3.06. The van der Waals surface area contributed by atoms with Crippen LogP contribution in [0, 0.1) is 5.92 Å². The number of hydrogen-bond acceptors (Lipinski definition) is 4. The Morgan fingerprint density at radius 1 is 1.19 bits per heavy atom. The molecule has 4 rings (SSSR count). The van der Waals surface area contributed by atoms with Gasteiger partial charge in [-0.15, -0.1) is 0 Å². The summed E-state index contributed by atoms with van der Waals surface area (Å²) in [5.74, 6) is 0.667. The number of ether oxygens (including phenoxy) is 2. The van der Waals surface area contributed by atoms with Crippen molar-refractivity contribution in [3.05, 3.63) is 53.3 Å². The first-order valence-corrected chi connectivity index (χ1v) is 9.74. The molecule has 0 radical (unpaired) electrons. The summed E-state index contributed by atoms with van der Waals surface area (Å²) in [6, 6.07) is 11.0. The minimum Gasteiger partial charge on any atom is -0.383 e. The molecule has 140 valence electrons. The first kappa shape index (κ1) is 17.7. The lowest BCUT2D eigenvalue weighted by molar-refractivity contribution is 0.0545. The van der Waals surface area contributed by atoms with E-state index < -0.39 is 0 Å². The second-order valence-corrected chi connectivity index (χ2v) is 7.47. The molecule has 0 saturated carbocycles. The molecule has 1 fully saturated rings. The minimum atomic E-state index is 0.270. The molecule has 0 unspecified atom stereocenters. The molecule has 1 aromatic heterocycles. The van der Waals surface area contributed by atoms with E-state index in [0.717, 1.165) is 52.1 Å². The largest absolute Gasteiger partial charge is 0.383 e. The van der Waals surface area contributed by atoms with Crippen LogP contribution in [0.15, 0.2) is 36.5 Å². The summed E-state index contributed by atoms with van der Waals surface area (Å²) in [5, 5.41) is 4.76. The Morgan fingerprint density at radius 3 is 2.77 bits per heavy atom. The van der Waals surface area contributed by atoms with Crippen LogP contribution >= 0.6 is 0 Å². The summed E-state index contributed by atoms with van der Waals surface area (Å²) in [6.07, 6.45) is 5.42. The van der Waals surface area contributed by atoms with Gasteiger partial charge in [-0.25, -0.2) is 0 Å². The normalized spacial score (nSPS) is 21.7. The maximum Gasteiger partial charge on any atom is 0.0760 e. The molecule has 5 heteroatoms. The summed E-state index contributed by atoms with van der Waals surface area (Å²) < 4.78 is 13.4. The number of rotatable bonds is 6. The molecule has 2 aromatic rings. The Labute approximate surface area is 155 Å². The number of aromatic nitrogens is 2. The van der Waals surface area contributed by atoms with E-state index in [4.69, 9.17) is 14.6 Å². The highest BCUT2D eigenvalue weighted by atomic mass is 16.5. The number of hydrogen-bond donors (Lipinski definition) is 0. The topological polar surface area (TPSA) is 39.5 Å². The summed E-state index contributed by atoms with van der Waals surface area (Å²) in [4.78, 5) is 2.54. The van der Waals surface area contributed by atoms with Gasteiger partial charge < -0.3 is 9.47 Å².